The number of piperidine rings is 4. The first-order valence-corrected chi connectivity index (χ1v) is 40.9. The second kappa shape index (κ2) is 31.8. The van der Waals surface area contributed by atoms with Crippen LogP contribution in [0.5, 0.6) is 23.0 Å². The number of carbonyl (C=O) groups excluding carboxylic acids is 6. The van der Waals surface area contributed by atoms with Gasteiger partial charge in [0.15, 0.2) is 0 Å². The number of fused-ring (bicyclic) bond motifs is 4. The number of hydrogen-bond acceptors (Lipinski definition) is 14. The van der Waals surface area contributed by atoms with Gasteiger partial charge in [-0.2, -0.15) is 0 Å². The van der Waals surface area contributed by atoms with Crippen molar-refractivity contribution in [3.05, 3.63) is 249 Å². The minimum absolute atomic E-state index is 0.139. The molecule has 18 heteroatoms. The Morgan fingerprint density at radius 1 is 0.459 bits per heavy atom. The van der Waals surface area contributed by atoms with Gasteiger partial charge in [0.2, 0.25) is 23.6 Å². The number of hydrogen-bond donors (Lipinski definition) is 5. The van der Waals surface area contributed by atoms with Gasteiger partial charge in [-0.1, -0.05) is 97.1 Å². The van der Waals surface area contributed by atoms with E-state index in [0.29, 0.717) is 90.4 Å². The van der Waals surface area contributed by atoms with Crippen molar-refractivity contribution in [3.8, 4) is 23.0 Å². The molecule has 18 nitrogen and oxygen atoms in total. The van der Waals surface area contributed by atoms with Gasteiger partial charge in [-0.3, -0.25) is 44.3 Å². The summed E-state index contributed by atoms with van der Waals surface area (Å²) in [5, 5.41) is 29.0. The van der Waals surface area contributed by atoms with Gasteiger partial charge in [0.1, 0.15) is 47.3 Å². The summed E-state index contributed by atoms with van der Waals surface area (Å²) in [5.74, 6) is 3.19. The van der Waals surface area contributed by atoms with Crippen LogP contribution in [0.2, 0.25) is 0 Å². The fraction of sp³-hybridized carbons (Fsp3) is 0.419. The number of carbonyl (C=O) groups is 6. The number of amides is 6. The van der Waals surface area contributed by atoms with E-state index in [1.54, 1.807) is 15.9 Å². The number of imide groups is 2. The summed E-state index contributed by atoms with van der Waals surface area (Å²) in [7, 11) is 0. The number of aryl methyl sites for hydroxylation is 2. The van der Waals surface area contributed by atoms with Gasteiger partial charge in [0.05, 0.1) is 0 Å². The molecule has 6 heterocycles. The number of ether oxygens (including phenoxy) is 2. The molecule has 6 atom stereocenters. The molecule has 6 aliphatic heterocycles. The van der Waals surface area contributed by atoms with E-state index in [-0.39, 0.29) is 60.5 Å². The molecule has 2 saturated carbocycles. The molecule has 4 saturated heterocycles. The normalized spacial score (nSPS) is 25.2. The van der Waals surface area contributed by atoms with E-state index in [0.717, 1.165) is 113 Å². The second-order valence-electron chi connectivity index (χ2n) is 33.3. The van der Waals surface area contributed by atoms with Crippen LogP contribution in [0.25, 0.3) is 0 Å². The van der Waals surface area contributed by atoms with Crippen LogP contribution in [0.1, 0.15) is 204 Å². The Hall–Kier alpha value is -10.3. The third-order valence-electron chi connectivity index (χ3n) is 26.2. The Morgan fingerprint density at radius 3 is 1.34 bits per heavy atom. The van der Waals surface area contributed by atoms with E-state index >= 15 is 0 Å². The first-order valence-electron chi connectivity index (χ1n) is 40.9. The van der Waals surface area contributed by atoms with E-state index in [1.165, 1.54) is 81.6 Å². The lowest BCUT2D eigenvalue weighted by Gasteiger charge is -2.46. The lowest BCUT2D eigenvalue weighted by atomic mass is 9.69. The van der Waals surface area contributed by atoms with Gasteiger partial charge >= 0.3 is 0 Å². The standard InChI is InChI=1S/C48H54N4O5.C45H48N4O5/c1-30(2)51(37-26-40(27-37)57-39-14-17-43-35(25-39)29-52(48(43)56)44-18-19-45(54)49-47(44)55)28-31-20-22-50(23-21-31)36-11-8-33(9-12-36)46-41(32-6-4-3-5-7-32)15-10-34-24-38(53)13-16-42(34)46;50-35-11-14-39-31(22-35)8-13-38(29-4-2-1-3-5-29)43(39)30-6-9-34(10-7-30)48-20-18-28(19-21-48)26-46-33-24-37(25-33)54-36-12-15-40-32(23-36)27-49(45(40)53)41-16-17-42(51)47-44(41)52/h3-9,11-14,16-17,24-25,30-31,37,40-41,44,46,53H,10,15,18-23,26-29H2,1-2H3,(H,49,54,55);1-7,9-12,14-15,22-23,28,33,37-38,41,43,46,50H,8,13,16-21,24-27H2,(H,47,51,52). The molecule has 0 aromatic heterocycles. The molecule has 0 spiro atoms. The van der Waals surface area contributed by atoms with Gasteiger partial charge in [-0.15, -0.1) is 0 Å². The van der Waals surface area contributed by atoms with E-state index < -0.39 is 23.9 Å². The highest BCUT2D eigenvalue weighted by Crippen LogP contribution is 2.50. The number of benzene rings is 8. The Bertz CT molecular complexity index is 4760. The van der Waals surface area contributed by atoms with Crippen molar-refractivity contribution in [3.63, 3.8) is 0 Å². The second-order valence-corrected chi connectivity index (χ2v) is 33.3. The van der Waals surface area contributed by atoms with Crippen LogP contribution in [0, 0.1) is 11.8 Å². The predicted octanol–water partition coefficient (Wildman–Crippen LogP) is 14.0. The Labute approximate surface area is 650 Å². The zero-order chi connectivity index (χ0) is 76.0. The summed E-state index contributed by atoms with van der Waals surface area (Å²) in [6.45, 7) is 11.7. The fourth-order valence-electron chi connectivity index (χ4n) is 19.9. The lowest BCUT2D eigenvalue weighted by molar-refractivity contribution is -0.138. The van der Waals surface area contributed by atoms with Crippen molar-refractivity contribution in [2.45, 2.75) is 196 Å². The highest BCUT2D eigenvalue weighted by molar-refractivity contribution is 6.06. The van der Waals surface area contributed by atoms with Crippen LogP contribution in [-0.2, 0) is 45.1 Å². The number of phenols is 2. The predicted molar refractivity (Wildman–Crippen MR) is 427 cm³/mol. The van der Waals surface area contributed by atoms with Crippen LogP contribution in [-0.4, -0.2) is 142 Å². The molecule has 6 unspecified atom stereocenters. The fourth-order valence-corrected chi connectivity index (χ4v) is 19.9. The summed E-state index contributed by atoms with van der Waals surface area (Å²) < 4.78 is 12.7. The highest BCUT2D eigenvalue weighted by Gasteiger charge is 2.44. The van der Waals surface area contributed by atoms with Crippen LogP contribution < -0.4 is 35.2 Å². The molecule has 10 aliphatic rings. The highest BCUT2D eigenvalue weighted by atomic mass is 16.5. The number of anilines is 2. The average molecular weight is 1490 g/mol. The Balaban J connectivity index is 0.000000162. The molecule has 18 rings (SSSR count). The van der Waals surface area contributed by atoms with Crippen molar-refractivity contribution < 1.29 is 48.5 Å². The molecule has 8 aromatic rings. The average Bonchev–Trinajstić information content (AvgIpc) is 1.42. The van der Waals surface area contributed by atoms with Crippen LogP contribution in [0.3, 0.4) is 0 Å². The summed E-state index contributed by atoms with van der Waals surface area (Å²) in [5.41, 5.74) is 16.2. The van der Waals surface area contributed by atoms with Gasteiger partial charge < -0.3 is 44.6 Å². The SMILES string of the molecule is CC(C)N(CC1CCN(c2ccc(C3c4ccc(O)cc4CCC3c3ccccc3)cc2)CC1)C1CC(Oc2ccc3c(c2)CN(C2CCC(=O)NC2=O)C3=O)C1.O=C1CCC(N2Cc3cc(OC4CC(NCC5CCN(c6ccc(C7c8ccc(O)cc8CCC7c7ccccc7)cc6)CC5)C4)ccc3C2=O)C(=O)N1. The van der Waals surface area contributed by atoms with Crippen molar-refractivity contribution in [1.82, 2.24) is 30.7 Å². The first-order chi connectivity index (χ1) is 54.0. The van der Waals surface area contributed by atoms with Crippen molar-refractivity contribution >= 4 is 46.8 Å². The van der Waals surface area contributed by atoms with Crippen LogP contribution >= 0.6 is 0 Å². The smallest absolute Gasteiger partial charge is 0.255 e. The summed E-state index contributed by atoms with van der Waals surface area (Å²) >= 11 is 0. The lowest BCUT2D eigenvalue weighted by Crippen LogP contribution is -2.53. The molecule has 4 aliphatic carbocycles. The van der Waals surface area contributed by atoms with Crippen molar-refractivity contribution in [2.75, 3.05) is 49.1 Å². The maximum Gasteiger partial charge on any atom is 0.255 e. The number of rotatable bonds is 19. The van der Waals surface area contributed by atoms with Crippen LogP contribution in [0.15, 0.2) is 182 Å². The van der Waals surface area contributed by atoms with Gasteiger partial charge in [0, 0.05) is 124 Å². The van der Waals surface area contributed by atoms with Gasteiger partial charge in [-0.25, -0.2) is 0 Å². The number of nitrogens with zero attached hydrogens (tertiary/aromatic N) is 5. The summed E-state index contributed by atoms with van der Waals surface area (Å²) in [4.78, 5) is 85.1. The maximum absolute atomic E-state index is 13.1. The quantitative estimate of drug-likeness (QED) is 0.0477. The molecule has 6 fully saturated rings. The molecule has 6 amide bonds. The Kier molecular flexibility index (Phi) is 21.1. The third kappa shape index (κ3) is 15.6. The molecule has 5 N–H and O–H groups in total. The van der Waals surface area contributed by atoms with E-state index in [4.69, 9.17) is 9.47 Å². The minimum atomic E-state index is -0.614. The Morgan fingerprint density at radius 2 is 0.901 bits per heavy atom. The van der Waals surface area contributed by atoms with Crippen molar-refractivity contribution in [1.29, 1.82) is 0 Å². The van der Waals surface area contributed by atoms with Crippen molar-refractivity contribution in [2.24, 2.45) is 11.8 Å². The molecule has 111 heavy (non-hydrogen) atoms. The number of aromatic hydroxyl groups is 2. The zero-order valence-electron chi connectivity index (χ0n) is 63.7. The molecule has 0 radical (unpaired) electrons. The zero-order valence-corrected chi connectivity index (χ0v) is 63.7. The molecule has 574 valence electrons. The summed E-state index contributed by atoms with van der Waals surface area (Å²) in [6.07, 6.45) is 14.2. The minimum Gasteiger partial charge on any atom is -0.508 e. The number of phenolic OH excluding ortho intramolecular Hbond substituents is 2. The molecular weight excluding hydrogens is 1390 g/mol. The largest absolute Gasteiger partial charge is 0.508 e. The first kappa shape index (κ1) is 73.5. The summed E-state index contributed by atoms with van der Waals surface area (Å²) in [6, 6.07) is 63.7. The van der Waals surface area contributed by atoms with Gasteiger partial charge in [0.25, 0.3) is 11.8 Å². The van der Waals surface area contributed by atoms with Gasteiger partial charge in [-0.05, 0) is 262 Å². The topological polar surface area (TPSA) is 214 Å². The van der Waals surface area contributed by atoms with E-state index in [2.05, 4.69) is 166 Å². The van der Waals surface area contributed by atoms with Crippen LogP contribution in [0.4, 0.5) is 11.4 Å². The monoisotopic (exact) mass is 1490 g/mol. The van der Waals surface area contributed by atoms with E-state index in [9.17, 15) is 39.0 Å². The van der Waals surface area contributed by atoms with E-state index in [1.807, 2.05) is 54.6 Å². The molecular formula is C93H102N8O10. The maximum atomic E-state index is 13.1. The third-order valence-corrected chi connectivity index (χ3v) is 26.2. The molecule has 8 aromatic carbocycles. The number of nitrogens with one attached hydrogen (secondary N) is 3. The molecule has 0 bridgehead atoms.